The van der Waals surface area contributed by atoms with Crippen molar-refractivity contribution < 1.29 is 23.3 Å². The average molecular weight is 307 g/mol. The molecule has 5 heteroatoms. The summed E-state index contributed by atoms with van der Waals surface area (Å²) in [6, 6.07) is 4.45. The van der Waals surface area contributed by atoms with Crippen molar-refractivity contribution in [2.75, 3.05) is 19.6 Å². The van der Waals surface area contributed by atoms with Crippen LogP contribution in [-0.4, -0.2) is 24.5 Å². The fourth-order valence-electron chi connectivity index (χ4n) is 1.89. The van der Waals surface area contributed by atoms with E-state index in [4.69, 9.17) is 17.3 Å². The third-order valence-corrected chi connectivity index (χ3v) is 3.01. The Labute approximate surface area is 146 Å². The van der Waals surface area contributed by atoms with Crippen molar-refractivity contribution in [3.05, 3.63) is 54.9 Å². The normalized spacial score (nSPS) is 11.4. The van der Waals surface area contributed by atoms with Crippen LogP contribution in [0.2, 0.25) is 5.02 Å². The number of nitrogens with two attached hydrogens (primary N) is 1. The number of hydrogen-bond donors (Lipinski definition) is 1. The van der Waals surface area contributed by atoms with Gasteiger partial charge in [0.1, 0.15) is 5.82 Å². The van der Waals surface area contributed by atoms with Gasteiger partial charge in [0.2, 0.25) is 0 Å². The van der Waals surface area contributed by atoms with Crippen molar-refractivity contribution in [1.29, 1.82) is 0 Å². The molecule has 0 saturated carbocycles. The molecule has 0 spiro atoms. The molecule has 0 radical (unpaired) electrons. The predicted octanol–water partition coefficient (Wildman–Crippen LogP) is 1.07. The largest absolute Gasteiger partial charge is 1.00 e. The van der Waals surface area contributed by atoms with Crippen LogP contribution in [0.5, 0.6) is 0 Å². The van der Waals surface area contributed by atoms with E-state index in [9.17, 15) is 4.39 Å². The Balaban J connectivity index is 0. The maximum absolute atomic E-state index is 13.8. The topological polar surface area (TPSA) is 29.3 Å². The molecule has 0 heterocycles. The molecule has 0 aliphatic carbocycles. The van der Waals surface area contributed by atoms with E-state index in [0.29, 0.717) is 36.6 Å². The summed E-state index contributed by atoms with van der Waals surface area (Å²) < 4.78 is 13.8. The second kappa shape index (κ2) is 13.6. The molecule has 2 N–H and O–H groups in total. The van der Waals surface area contributed by atoms with Crippen molar-refractivity contribution in [3.63, 3.8) is 0 Å². The molecular formula is C16H25ClFLiN2-2. The van der Waals surface area contributed by atoms with Crippen LogP contribution in [-0.2, 0) is 0 Å². The molecule has 0 bridgehead atoms. The minimum atomic E-state index is -0.264. The number of halogens is 2. The van der Waals surface area contributed by atoms with E-state index in [1.54, 1.807) is 12.1 Å². The van der Waals surface area contributed by atoms with Gasteiger partial charge in [0.05, 0.1) is 0 Å². The molecule has 0 aliphatic heterocycles. The van der Waals surface area contributed by atoms with Gasteiger partial charge in [-0.05, 0) is 31.2 Å². The van der Waals surface area contributed by atoms with E-state index in [-0.39, 0.29) is 30.7 Å². The molecule has 0 fully saturated rings. The standard InChI is InChI=1S/C13H18ClFN2.C3H7.Li/c1-3-17(4-2)13(7-8-16)11-9-10(14)5-6-12(11)15;1-3-2;/h5-6,9,13H,1-4,7-8,16H2;3H,1-2H3;/q-2;-1;+1/t13-;;/m0../s1. The third-order valence-electron chi connectivity index (χ3n) is 2.77. The summed E-state index contributed by atoms with van der Waals surface area (Å²) in [5, 5.41) is 0.525. The maximum atomic E-state index is 13.8. The summed E-state index contributed by atoms with van der Waals surface area (Å²) in [4.78, 5) is 1.97. The van der Waals surface area contributed by atoms with Crippen LogP contribution < -0.4 is 24.6 Å². The van der Waals surface area contributed by atoms with E-state index in [0.717, 1.165) is 0 Å². The number of nitrogens with zero attached hydrogens (tertiary/aromatic N) is 1. The number of benzene rings is 1. The van der Waals surface area contributed by atoms with Gasteiger partial charge in [0.25, 0.3) is 0 Å². The van der Waals surface area contributed by atoms with Gasteiger partial charge in [0, 0.05) is 16.6 Å². The Morgan fingerprint density at radius 3 is 2.29 bits per heavy atom. The Morgan fingerprint density at radius 1 is 1.33 bits per heavy atom. The van der Waals surface area contributed by atoms with E-state index in [1.807, 2.05) is 25.2 Å². The van der Waals surface area contributed by atoms with Crippen LogP contribution in [0.25, 0.3) is 0 Å². The Hall–Kier alpha value is -0.0426. The van der Waals surface area contributed by atoms with Gasteiger partial charge in [-0.2, -0.15) is 13.8 Å². The van der Waals surface area contributed by atoms with Crippen molar-refractivity contribution in [2.45, 2.75) is 26.3 Å². The Kier molecular flexibility index (Phi) is 15.1. The molecule has 0 amide bonds. The molecule has 21 heavy (non-hydrogen) atoms. The molecule has 1 atom stereocenters. The van der Waals surface area contributed by atoms with Gasteiger partial charge in [-0.1, -0.05) is 11.6 Å². The molecule has 1 rings (SSSR count). The van der Waals surface area contributed by atoms with Gasteiger partial charge in [-0.3, -0.25) is 0 Å². The molecule has 0 unspecified atom stereocenters. The fraction of sp³-hybridized carbons (Fsp3) is 0.438. The van der Waals surface area contributed by atoms with Crippen LogP contribution >= 0.6 is 11.6 Å². The van der Waals surface area contributed by atoms with Crippen molar-refractivity contribution in [2.24, 2.45) is 5.73 Å². The first-order valence-electron chi connectivity index (χ1n) is 6.77. The Morgan fingerprint density at radius 2 is 1.86 bits per heavy atom. The smallest absolute Gasteiger partial charge is 0.356 e. The average Bonchev–Trinajstić information content (AvgIpc) is 2.43. The van der Waals surface area contributed by atoms with Gasteiger partial charge in [0.15, 0.2) is 0 Å². The number of hydrogen-bond acceptors (Lipinski definition) is 2. The van der Waals surface area contributed by atoms with E-state index < -0.39 is 0 Å². The van der Waals surface area contributed by atoms with Crippen LogP contribution in [0, 0.1) is 26.1 Å². The first-order valence-corrected chi connectivity index (χ1v) is 7.14. The van der Waals surface area contributed by atoms with Crippen LogP contribution in [0.3, 0.4) is 0 Å². The monoisotopic (exact) mass is 306 g/mol. The molecule has 0 aliphatic rings. The van der Waals surface area contributed by atoms with Gasteiger partial charge >= 0.3 is 18.9 Å². The Bertz CT molecular complexity index is 373. The summed E-state index contributed by atoms with van der Waals surface area (Å²) in [7, 11) is 0. The molecule has 2 nitrogen and oxygen atoms in total. The summed E-state index contributed by atoms with van der Waals surface area (Å²) in [5.41, 5.74) is 6.14. The van der Waals surface area contributed by atoms with Crippen LogP contribution in [0.4, 0.5) is 4.39 Å². The quantitative estimate of drug-likeness (QED) is 0.629. The van der Waals surface area contributed by atoms with E-state index >= 15 is 0 Å². The summed E-state index contributed by atoms with van der Waals surface area (Å²) in [6.45, 7) is 13.2. The zero-order valence-electron chi connectivity index (χ0n) is 13.4. The first kappa shape index (κ1) is 23.2. The molecule has 116 valence electrons. The third kappa shape index (κ3) is 8.23. The minimum Gasteiger partial charge on any atom is -0.356 e. The zero-order chi connectivity index (χ0) is 15.5. The molecular weight excluding hydrogens is 282 g/mol. The maximum Gasteiger partial charge on any atom is 1.00 e. The summed E-state index contributed by atoms with van der Waals surface area (Å²) >= 11 is 5.90. The molecule has 1 aromatic rings. The van der Waals surface area contributed by atoms with E-state index in [1.165, 1.54) is 6.07 Å². The summed E-state index contributed by atoms with van der Waals surface area (Å²) in [6.07, 6.45) is 2.66. The van der Waals surface area contributed by atoms with E-state index in [2.05, 4.69) is 13.8 Å². The second-order valence-corrected chi connectivity index (χ2v) is 4.81. The second-order valence-electron chi connectivity index (χ2n) is 4.37. The molecule has 0 saturated heterocycles. The van der Waals surface area contributed by atoms with Crippen LogP contribution in [0.1, 0.15) is 31.9 Å². The van der Waals surface area contributed by atoms with Crippen molar-refractivity contribution in [1.82, 2.24) is 4.90 Å². The fourth-order valence-corrected chi connectivity index (χ4v) is 2.07. The van der Waals surface area contributed by atoms with Gasteiger partial charge in [-0.15, -0.1) is 13.1 Å². The zero-order valence-corrected chi connectivity index (χ0v) is 14.2. The molecule has 0 aromatic heterocycles. The van der Waals surface area contributed by atoms with Gasteiger partial charge in [-0.25, -0.2) is 4.39 Å². The first-order chi connectivity index (χ1) is 9.55. The van der Waals surface area contributed by atoms with Crippen LogP contribution in [0.15, 0.2) is 18.2 Å². The van der Waals surface area contributed by atoms with Crippen molar-refractivity contribution in [3.8, 4) is 0 Å². The SMILES string of the molecule is C[CH-]C.[CH2-]CN(C[CH2-])[C@@H](CCN)c1cc(Cl)ccc1F.[Li+]. The minimum absolute atomic E-state index is 0. The van der Waals surface area contributed by atoms with Gasteiger partial charge < -0.3 is 30.9 Å². The van der Waals surface area contributed by atoms with Crippen molar-refractivity contribution >= 4 is 11.6 Å². The number of rotatable bonds is 6. The predicted molar refractivity (Wildman–Crippen MR) is 85.8 cm³/mol. The molecule has 1 aromatic carbocycles. The summed E-state index contributed by atoms with van der Waals surface area (Å²) in [5.74, 6) is -0.264.